The zero-order valence-electron chi connectivity index (χ0n) is 10.4. The molecule has 0 radical (unpaired) electrons. The summed E-state index contributed by atoms with van der Waals surface area (Å²) in [4.78, 5) is 13.1. The summed E-state index contributed by atoms with van der Waals surface area (Å²) < 4.78 is 39.3. The minimum absolute atomic E-state index is 0.295. The number of amides is 1. The number of alkyl carbamates (subject to hydrolysis) is 1. The Bertz CT molecular complexity index is 266. The second-order valence-electron chi connectivity index (χ2n) is 4.54. The van der Waals surface area contributed by atoms with E-state index in [0.29, 0.717) is 19.1 Å². The average molecular weight is 268 g/mol. The normalized spacial score (nSPS) is 17.2. The van der Waals surface area contributed by atoms with E-state index < -0.39 is 18.9 Å². The van der Waals surface area contributed by atoms with Gasteiger partial charge in [-0.15, -0.1) is 0 Å². The van der Waals surface area contributed by atoms with Gasteiger partial charge in [0.05, 0.1) is 0 Å². The molecule has 0 bridgehead atoms. The zero-order valence-corrected chi connectivity index (χ0v) is 10.4. The lowest BCUT2D eigenvalue weighted by Crippen LogP contribution is -2.38. The molecule has 0 aromatic heterocycles. The minimum atomic E-state index is -4.47. The molecule has 0 spiro atoms. The van der Waals surface area contributed by atoms with Crippen LogP contribution in [0, 0.1) is 0 Å². The lowest BCUT2D eigenvalue weighted by molar-refractivity contribution is -0.160. The van der Waals surface area contributed by atoms with Crippen LogP contribution in [0.25, 0.3) is 0 Å². The van der Waals surface area contributed by atoms with Gasteiger partial charge in [0.2, 0.25) is 0 Å². The molecule has 1 saturated carbocycles. The molecule has 7 heteroatoms. The van der Waals surface area contributed by atoms with Crippen molar-refractivity contribution in [1.29, 1.82) is 0 Å². The topological polar surface area (TPSA) is 41.6 Å². The Labute approximate surface area is 104 Å². The van der Waals surface area contributed by atoms with Gasteiger partial charge in [-0.25, -0.2) is 4.79 Å². The molecule has 1 fully saturated rings. The first-order chi connectivity index (χ1) is 8.38. The molecule has 0 aromatic carbocycles. The van der Waals surface area contributed by atoms with Gasteiger partial charge in [0.15, 0.2) is 6.61 Å². The third kappa shape index (κ3) is 6.09. The molecule has 0 atom stereocenters. The van der Waals surface area contributed by atoms with Gasteiger partial charge in [0.1, 0.15) is 0 Å². The highest BCUT2D eigenvalue weighted by atomic mass is 19.4. The van der Waals surface area contributed by atoms with Crippen LogP contribution in [-0.2, 0) is 4.74 Å². The van der Waals surface area contributed by atoms with E-state index in [2.05, 4.69) is 15.0 Å². The summed E-state index contributed by atoms with van der Waals surface area (Å²) in [6, 6.07) is 0.526. The molecule has 1 rings (SSSR count). The average Bonchev–Trinajstić information content (AvgIpc) is 2.78. The Morgan fingerprint density at radius 2 is 2.00 bits per heavy atom. The third-order valence-corrected chi connectivity index (χ3v) is 3.05. The molecule has 0 aliphatic heterocycles. The fourth-order valence-corrected chi connectivity index (χ4v) is 2.06. The molecular weight excluding hydrogens is 249 g/mol. The van der Waals surface area contributed by atoms with E-state index in [9.17, 15) is 18.0 Å². The number of carbonyl (C=O) groups excluding carboxylic acids is 1. The van der Waals surface area contributed by atoms with Gasteiger partial charge >= 0.3 is 12.3 Å². The molecule has 4 nitrogen and oxygen atoms in total. The maximum absolute atomic E-state index is 11.8. The van der Waals surface area contributed by atoms with Crippen LogP contribution in [-0.4, -0.2) is 50.0 Å². The van der Waals surface area contributed by atoms with E-state index in [-0.39, 0.29) is 0 Å². The maximum Gasteiger partial charge on any atom is 0.422 e. The van der Waals surface area contributed by atoms with Crippen molar-refractivity contribution < 1.29 is 22.7 Å². The van der Waals surface area contributed by atoms with E-state index >= 15 is 0 Å². The van der Waals surface area contributed by atoms with Gasteiger partial charge in [-0.05, 0) is 19.9 Å². The maximum atomic E-state index is 11.8. The number of halogens is 3. The standard InChI is InChI=1S/C11H19F3N2O2/c1-16(9-4-2-3-5-9)7-6-15-10(17)18-8-11(12,13)14/h9H,2-8H2,1H3,(H,15,17). The summed E-state index contributed by atoms with van der Waals surface area (Å²) >= 11 is 0. The zero-order chi connectivity index (χ0) is 13.6. The highest BCUT2D eigenvalue weighted by Gasteiger charge is 2.29. The molecular formula is C11H19F3N2O2. The number of nitrogens with zero attached hydrogens (tertiary/aromatic N) is 1. The van der Waals surface area contributed by atoms with Gasteiger partial charge in [0.25, 0.3) is 0 Å². The third-order valence-electron chi connectivity index (χ3n) is 3.05. The molecule has 0 heterocycles. The van der Waals surface area contributed by atoms with Crippen LogP contribution in [0.3, 0.4) is 0 Å². The summed E-state index contributed by atoms with van der Waals surface area (Å²) in [6.45, 7) is -0.632. The SMILES string of the molecule is CN(CCNC(=O)OCC(F)(F)F)C1CCCC1. The lowest BCUT2D eigenvalue weighted by Gasteiger charge is -2.23. The van der Waals surface area contributed by atoms with Gasteiger partial charge in [-0.2, -0.15) is 13.2 Å². The largest absolute Gasteiger partial charge is 0.440 e. The van der Waals surface area contributed by atoms with Gasteiger partial charge in [-0.3, -0.25) is 0 Å². The molecule has 1 amide bonds. The molecule has 106 valence electrons. The fourth-order valence-electron chi connectivity index (χ4n) is 2.06. The summed E-state index contributed by atoms with van der Waals surface area (Å²) in [6.07, 6.45) is -0.763. The quantitative estimate of drug-likeness (QED) is 0.830. The minimum Gasteiger partial charge on any atom is -0.440 e. The Balaban J connectivity index is 2.07. The smallest absolute Gasteiger partial charge is 0.422 e. The summed E-state index contributed by atoms with van der Waals surface area (Å²) in [5, 5.41) is 2.31. The van der Waals surface area contributed by atoms with Gasteiger partial charge in [0, 0.05) is 19.1 Å². The van der Waals surface area contributed by atoms with Crippen LogP contribution < -0.4 is 5.32 Å². The number of rotatable bonds is 5. The Kier molecular flexibility index (Phi) is 5.71. The second kappa shape index (κ2) is 6.82. The molecule has 0 aromatic rings. The van der Waals surface area contributed by atoms with Crippen molar-refractivity contribution in [1.82, 2.24) is 10.2 Å². The number of likely N-dealkylation sites (N-methyl/N-ethyl adjacent to an activating group) is 1. The van der Waals surface area contributed by atoms with Crippen molar-refractivity contribution >= 4 is 6.09 Å². The van der Waals surface area contributed by atoms with E-state index in [1.54, 1.807) is 0 Å². The first-order valence-electron chi connectivity index (χ1n) is 6.06. The highest BCUT2D eigenvalue weighted by Crippen LogP contribution is 2.21. The number of nitrogens with one attached hydrogen (secondary N) is 1. The number of carbonyl (C=O) groups is 1. The van der Waals surface area contributed by atoms with Crippen LogP contribution in [0.15, 0.2) is 0 Å². The van der Waals surface area contributed by atoms with E-state index in [0.717, 1.165) is 12.8 Å². The number of ether oxygens (including phenoxy) is 1. The van der Waals surface area contributed by atoms with E-state index in [4.69, 9.17) is 0 Å². The predicted molar refractivity (Wildman–Crippen MR) is 60.3 cm³/mol. The second-order valence-corrected chi connectivity index (χ2v) is 4.54. The Hall–Kier alpha value is -0.980. The first-order valence-corrected chi connectivity index (χ1v) is 6.06. The summed E-state index contributed by atoms with van der Waals surface area (Å²) in [5.41, 5.74) is 0. The highest BCUT2D eigenvalue weighted by molar-refractivity contribution is 5.67. The first kappa shape index (κ1) is 15.1. The van der Waals surface area contributed by atoms with E-state index in [1.165, 1.54) is 12.8 Å². The van der Waals surface area contributed by atoms with Crippen molar-refractivity contribution in [3.05, 3.63) is 0 Å². The lowest BCUT2D eigenvalue weighted by atomic mass is 10.2. The monoisotopic (exact) mass is 268 g/mol. The van der Waals surface area contributed by atoms with Gasteiger partial charge in [-0.1, -0.05) is 12.8 Å². The fraction of sp³-hybridized carbons (Fsp3) is 0.909. The summed E-state index contributed by atoms with van der Waals surface area (Å²) in [5.74, 6) is 0. The van der Waals surface area contributed by atoms with Crippen molar-refractivity contribution in [3.8, 4) is 0 Å². The van der Waals surface area contributed by atoms with Crippen molar-refractivity contribution in [2.45, 2.75) is 37.9 Å². The molecule has 0 unspecified atom stereocenters. The predicted octanol–water partition coefficient (Wildman–Crippen LogP) is 2.15. The van der Waals surface area contributed by atoms with Crippen LogP contribution in [0.4, 0.5) is 18.0 Å². The number of alkyl halides is 3. The number of hydrogen-bond acceptors (Lipinski definition) is 3. The Morgan fingerprint density at radius 3 is 2.56 bits per heavy atom. The Morgan fingerprint density at radius 1 is 1.39 bits per heavy atom. The number of hydrogen-bond donors (Lipinski definition) is 1. The van der Waals surface area contributed by atoms with E-state index in [1.807, 2.05) is 7.05 Å². The summed E-state index contributed by atoms with van der Waals surface area (Å²) in [7, 11) is 1.96. The van der Waals surface area contributed by atoms with Crippen molar-refractivity contribution in [3.63, 3.8) is 0 Å². The van der Waals surface area contributed by atoms with Crippen LogP contribution >= 0.6 is 0 Å². The molecule has 0 saturated heterocycles. The van der Waals surface area contributed by atoms with Crippen LogP contribution in [0.1, 0.15) is 25.7 Å². The molecule has 1 aliphatic carbocycles. The van der Waals surface area contributed by atoms with Crippen LogP contribution in [0.5, 0.6) is 0 Å². The van der Waals surface area contributed by atoms with Crippen molar-refractivity contribution in [2.24, 2.45) is 0 Å². The molecule has 1 N–H and O–H groups in total. The molecule has 1 aliphatic rings. The van der Waals surface area contributed by atoms with Crippen LogP contribution in [0.2, 0.25) is 0 Å². The molecule has 18 heavy (non-hydrogen) atoms. The van der Waals surface area contributed by atoms with Gasteiger partial charge < -0.3 is 15.0 Å². The van der Waals surface area contributed by atoms with Crippen molar-refractivity contribution in [2.75, 3.05) is 26.7 Å².